The van der Waals surface area contributed by atoms with Gasteiger partial charge in [-0.2, -0.15) is 0 Å². The minimum Gasteiger partial charge on any atom is -0.369 e. The number of carbonyl (C=O) groups is 1. The van der Waals surface area contributed by atoms with Crippen LogP contribution in [0.3, 0.4) is 0 Å². The second kappa shape index (κ2) is 5.46. The summed E-state index contributed by atoms with van der Waals surface area (Å²) in [6, 6.07) is 18.4. The van der Waals surface area contributed by atoms with E-state index in [1.54, 1.807) is 0 Å². The molecule has 4 nitrogen and oxygen atoms in total. The van der Waals surface area contributed by atoms with Crippen LogP contribution in [-0.2, 0) is 0 Å². The van der Waals surface area contributed by atoms with E-state index >= 15 is 0 Å². The molecule has 2 aromatic carbocycles. The number of benzene rings is 2. The highest BCUT2D eigenvalue weighted by Crippen LogP contribution is 2.29. The van der Waals surface area contributed by atoms with Crippen molar-refractivity contribution in [3.05, 3.63) is 65.7 Å². The molecule has 112 valence electrons. The van der Waals surface area contributed by atoms with E-state index in [0.717, 1.165) is 37.3 Å². The van der Waals surface area contributed by atoms with Crippen LogP contribution in [-0.4, -0.2) is 37.0 Å². The van der Waals surface area contributed by atoms with Gasteiger partial charge in [0, 0.05) is 43.0 Å². The van der Waals surface area contributed by atoms with Gasteiger partial charge in [0.25, 0.3) is 5.91 Å². The zero-order valence-electron chi connectivity index (χ0n) is 12.4. The van der Waals surface area contributed by atoms with Crippen LogP contribution in [0.5, 0.6) is 0 Å². The fourth-order valence-corrected chi connectivity index (χ4v) is 3.39. The summed E-state index contributed by atoms with van der Waals surface area (Å²) >= 11 is 0. The molecule has 1 amide bonds. The predicted molar refractivity (Wildman–Crippen MR) is 86.9 cm³/mol. The first-order chi connectivity index (χ1) is 10.8. The molecule has 4 rings (SSSR count). The van der Waals surface area contributed by atoms with E-state index in [4.69, 9.17) is 0 Å². The highest BCUT2D eigenvalue weighted by molar-refractivity contribution is 5.99. The molecule has 0 spiro atoms. The summed E-state index contributed by atoms with van der Waals surface area (Å²) in [5.41, 5.74) is 3.21. The van der Waals surface area contributed by atoms with E-state index in [1.807, 2.05) is 24.3 Å². The van der Waals surface area contributed by atoms with Gasteiger partial charge < -0.3 is 10.2 Å². The lowest BCUT2D eigenvalue weighted by Crippen LogP contribution is -2.50. The van der Waals surface area contributed by atoms with Gasteiger partial charge in [-0.15, -0.1) is 0 Å². The van der Waals surface area contributed by atoms with Crippen LogP contribution >= 0.6 is 0 Å². The Bertz CT molecular complexity index is 678. The number of para-hydroxylation sites is 1. The van der Waals surface area contributed by atoms with Gasteiger partial charge in [0.15, 0.2) is 0 Å². The van der Waals surface area contributed by atoms with Crippen LogP contribution < -0.4 is 10.2 Å². The maximum absolute atomic E-state index is 12.1. The zero-order chi connectivity index (χ0) is 14.9. The van der Waals surface area contributed by atoms with Gasteiger partial charge in [-0.3, -0.25) is 9.69 Å². The fraction of sp³-hybridized carbons (Fsp3) is 0.278. The molecule has 1 atom stereocenters. The SMILES string of the molecule is O=C1NC(N2CCN(c3ccccc3)CC2)c2ccccc21. The molecule has 1 saturated heterocycles. The average molecular weight is 293 g/mol. The molecule has 22 heavy (non-hydrogen) atoms. The highest BCUT2D eigenvalue weighted by Gasteiger charge is 2.33. The third-order valence-corrected chi connectivity index (χ3v) is 4.57. The van der Waals surface area contributed by atoms with Gasteiger partial charge in [0.2, 0.25) is 0 Å². The third-order valence-electron chi connectivity index (χ3n) is 4.57. The van der Waals surface area contributed by atoms with Crippen molar-refractivity contribution in [3.8, 4) is 0 Å². The monoisotopic (exact) mass is 293 g/mol. The van der Waals surface area contributed by atoms with E-state index < -0.39 is 0 Å². The standard InChI is InChI=1S/C18H19N3O/c22-18-16-9-5-4-8-15(16)17(19-18)21-12-10-20(11-13-21)14-6-2-1-3-7-14/h1-9,17H,10-13H2,(H,19,22). The van der Waals surface area contributed by atoms with Gasteiger partial charge in [-0.05, 0) is 18.2 Å². The number of amides is 1. The van der Waals surface area contributed by atoms with Crippen LogP contribution in [0, 0.1) is 0 Å². The minimum atomic E-state index is 0.0293. The Morgan fingerprint density at radius 3 is 2.32 bits per heavy atom. The molecule has 2 heterocycles. The number of nitrogens with zero attached hydrogens (tertiary/aromatic N) is 2. The number of rotatable bonds is 2. The number of fused-ring (bicyclic) bond motifs is 1. The third kappa shape index (κ3) is 2.25. The van der Waals surface area contributed by atoms with Gasteiger partial charge >= 0.3 is 0 Å². The first-order valence-corrected chi connectivity index (χ1v) is 7.77. The van der Waals surface area contributed by atoms with Crippen LogP contribution in [0.25, 0.3) is 0 Å². The van der Waals surface area contributed by atoms with Crippen molar-refractivity contribution in [2.45, 2.75) is 6.17 Å². The van der Waals surface area contributed by atoms with Crippen LogP contribution in [0.4, 0.5) is 5.69 Å². The summed E-state index contributed by atoms with van der Waals surface area (Å²) in [5, 5.41) is 3.11. The minimum absolute atomic E-state index is 0.0293. The summed E-state index contributed by atoms with van der Waals surface area (Å²) in [5.74, 6) is 0.0473. The predicted octanol–water partition coefficient (Wildman–Crippen LogP) is 2.25. The zero-order valence-corrected chi connectivity index (χ0v) is 12.4. The Hall–Kier alpha value is -2.33. The second-order valence-electron chi connectivity index (χ2n) is 5.82. The number of piperazine rings is 1. The fourth-order valence-electron chi connectivity index (χ4n) is 3.39. The van der Waals surface area contributed by atoms with E-state index in [1.165, 1.54) is 5.69 Å². The molecule has 0 radical (unpaired) electrons. The van der Waals surface area contributed by atoms with Gasteiger partial charge in [0.05, 0.1) is 0 Å². The number of hydrogen-bond donors (Lipinski definition) is 1. The maximum Gasteiger partial charge on any atom is 0.253 e. The highest BCUT2D eigenvalue weighted by atomic mass is 16.2. The Morgan fingerprint density at radius 1 is 0.864 bits per heavy atom. The largest absolute Gasteiger partial charge is 0.369 e. The topological polar surface area (TPSA) is 35.6 Å². The molecule has 1 N–H and O–H groups in total. The summed E-state index contributed by atoms with van der Waals surface area (Å²) < 4.78 is 0. The van der Waals surface area contributed by atoms with Crippen molar-refractivity contribution in [1.29, 1.82) is 0 Å². The normalized spacial score (nSPS) is 21.5. The van der Waals surface area contributed by atoms with Crippen LogP contribution in [0.2, 0.25) is 0 Å². The quantitative estimate of drug-likeness (QED) is 0.922. The molecule has 2 aromatic rings. The lowest BCUT2D eigenvalue weighted by Gasteiger charge is -2.39. The van der Waals surface area contributed by atoms with Crippen LogP contribution in [0.1, 0.15) is 22.1 Å². The number of anilines is 1. The van der Waals surface area contributed by atoms with E-state index in [0.29, 0.717) is 0 Å². The molecule has 0 saturated carbocycles. The van der Waals surface area contributed by atoms with E-state index in [9.17, 15) is 4.79 Å². The average Bonchev–Trinajstić information content (AvgIpc) is 2.93. The molecular formula is C18H19N3O. The van der Waals surface area contributed by atoms with Crippen molar-refractivity contribution < 1.29 is 4.79 Å². The number of carbonyl (C=O) groups excluding carboxylic acids is 1. The summed E-state index contributed by atoms with van der Waals surface area (Å²) in [7, 11) is 0. The Balaban J connectivity index is 1.48. The molecule has 2 aliphatic heterocycles. The Morgan fingerprint density at radius 2 is 1.55 bits per heavy atom. The number of nitrogens with one attached hydrogen (secondary N) is 1. The molecule has 1 unspecified atom stereocenters. The lowest BCUT2D eigenvalue weighted by molar-refractivity contribution is 0.0887. The Kier molecular flexibility index (Phi) is 3.31. The van der Waals surface area contributed by atoms with Crippen molar-refractivity contribution >= 4 is 11.6 Å². The van der Waals surface area contributed by atoms with Crippen molar-refractivity contribution in [1.82, 2.24) is 10.2 Å². The molecule has 2 aliphatic rings. The first-order valence-electron chi connectivity index (χ1n) is 7.77. The lowest BCUT2D eigenvalue weighted by atomic mass is 10.1. The summed E-state index contributed by atoms with van der Waals surface area (Å²) in [6.07, 6.45) is 0.0293. The molecule has 0 aliphatic carbocycles. The molecule has 0 bridgehead atoms. The Labute approximate surface area is 130 Å². The maximum atomic E-state index is 12.1. The van der Waals surface area contributed by atoms with Crippen molar-refractivity contribution in [2.75, 3.05) is 31.1 Å². The molecule has 1 fully saturated rings. The number of hydrogen-bond acceptors (Lipinski definition) is 3. The first kappa shape index (κ1) is 13.3. The smallest absolute Gasteiger partial charge is 0.253 e. The summed E-state index contributed by atoms with van der Waals surface area (Å²) in [6.45, 7) is 3.87. The molecular weight excluding hydrogens is 274 g/mol. The molecule has 4 heteroatoms. The molecule has 0 aromatic heterocycles. The second-order valence-corrected chi connectivity index (χ2v) is 5.82. The van der Waals surface area contributed by atoms with E-state index in [2.05, 4.69) is 45.4 Å². The van der Waals surface area contributed by atoms with Gasteiger partial charge in [0.1, 0.15) is 6.17 Å². The van der Waals surface area contributed by atoms with Gasteiger partial charge in [-0.1, -0.05) is 36.4 Å². The summed E-state index contributed by atoms with van der Waals surface area (Å²) in [4.78, 5) is 16.8. The van der Waals surface area contributed by atoms with Crippen molar-refractivity contribution in [3.63, 3.8) is 0 Å². The van der Waals surface area contributed by atoms with Gasteiger partial charge in [-0.25, -0.2) is 0 Å². The van der Waals surface area contributed by atoms with E-state index in [-0.39, 0.29) is 12.1 Å². The van der Waals surface area contributed by atoms with Crippen molar-refractivity contribution in [2.24, 2.45) is 0 Å². The van der Waals surface area contributed by atoms with Crippen LogP contribution in [0.15, 0.2) is 54.6 Å².